The van der Waals surface area contributed by atoms with Crippen molar-refractivity contribution in [1.29, 1.82) is 0 Å². The fraction of sp³-hybridized carbons (Fsp3) is 0.348. The molecule has 0 amide bonds. The second-order valence-corrected chi connectivity index (χ2v) is 6.71. The SMILES string of the molecule is C=CCc1ccc(OCCCn2c([C@@H](O)CC)nc3ccccc32)c(OC)c1. The van der Waals surface area contributed by atoms with Crippen LogP contribution in [-0.2, 0) is 13.0 Å². The van der Waals surface area contributed by atoms with Gasteiger partial charge in [-0.25, -0.2) is 4.98 Å². The fourth-order valence-corrected chi connectivity index (χ4v) is 3.30. The molecule has 5 heteroatoms. The Morgan fingerprint density at radius 1 is 1.21 bits per heavy atom. The predicted molar refractivity (Wildman–Crippen MR) is 112 cm³/mol. The lowest BCUT2D eigenvalue weighted by Crippen LogP contribution is -2.11. The minimum absolute atomic E-state index is 0.547. The van der Waals surface area contributed by atoms with E-state index in [-0.39, 0.29) is 0 Å². The number of hydrogen-bond donors (Lipinski definition) is 1. The number of rotatable bonds is 10. The lowest BCUT2D eigenvalue weighted by molar-refractivity contribution is 0.158. The molecule has 2 aromatic carbocycles. The maximum absolute atomic E-state index is 10.3. The zero-order valence-corrected chi connectivity index (χ0v) is 16.6. The molecule has 1 aromatic heterocycles. The van der Waals surface area contributed by atoms with Crippen LogP contribution in [0, 0.1) is 0 Å². The topological polar surface area (TPSA) is 56.5 Å². The van der Waals surface area contributed by atoms with Gasteiger partial charge in [0, 0.05) is 6.54 Å². The predicted octanol–water partition coefficient (Wildman–Crippen LogP) is 4.69. The third kappa shape index (κ3) is 4.37. The van der Waals surface area contributed by atoms with E-state index >= 15 is 0 Å². The van der Waals surface area contributed by atoms with Crippen molar-refractivity contribution >= 4 is 11.0 Å². The summed E-state index contributed by atoms with van der Waals surface area (Å²) in [5.41, 5.74) is 3.09. The normalized spacial score (nSPS) is 12.1. The van der Waals surface area contributed by atoms with E-state index in [0.717, 1.165) is 53.3 Å². The molecule has 0 fully saturated rings. The Kier molecular flexibility index (Phi) is 6.71. The van der Waals surface area contributed by atoms with Crippen LogP contribution in [0.2, 0.25) is 0 Å². The van der Waals surface area contributed by atoms with Crippen LogP contribution in [0.1, 0.15) is 37.3 Å². The van der Waals surface area contributed by atoms with E-state index in [4.69, 9.17) is 9.47 Å². The number of para-hydroxylation sites is 2. The van der Waals surface area contributed by atoms with Crippen molar-refractivity contribution in [2.45, 2.75) is 38.8 Å². The number of allylic oxidation sites excluding steroid dienone is 1. The van der Waals surface area contributed by atoms with E-state index in [2.05, 4.69) is 16.1 Å². The quantitative estimate of drug-likeness (QED) is 0.410. The summed E-state index contributed by atoms with van der Waals surface area (Å²) in [6.45, 7) is 7.00. The van der Waals surface area contributed by atoms with Crippen molar-refractivity contribution in [3.05, 3.63) is 66.5 Å². The monoisotopic (exact) mass is 380 g/mol. The summed E-state index contributed by atoms with van der Waals surface area (Å²) in [6, 6.07) is 13.9. The third-order valence-corrected chi connectivity index (χ3v) is 4.76. The van der Waals surface area contributed by atoms with Gasteiger partial charge in [0.1, 0.15) is 11.9 Å². The zero-order chi connectivity index (χ0) is 19.9. The minimum atomic E-state index is -0.564. The summed E-state index contributed by atoms with van der Waals surface area (Å²) in [5, 5.41) is 10.3. The molecule has 1 atom stereocenters. The number of aliphatic hydroxyl groups excluding tert-OH is 1. The highest BCUT2D eigenvalue weighted by Crippen LogP contribution is 2.29. The highest BCUT2D eigenvalue weighted by Gasteiger charge is 2.16. The molecule has 3 rings (SSSR count). The summed E-state index contributed by atoms with van der Waals surface area (Å²) >= 11 is 0. The van der Waals surface area contributed by atoms with Crippen LogP contribution in [0.5, 0.6) is 11.5 Å². The van der Waals surface area contributed by atoms with E-state index in [0.29, 0.717) is 13.0 Å². The number of fused-ring (bicyclic) bond motifs is 1. The van der Waals surface area contributed by atoms with Gasteiger partial charge in [-0.15, -0.1) is 6.58 Å². The molecular formula is C23H28N2O3. The smallest absolute Gasteiger partial charge is 0.161 e. The van der Waals surface area contributed by atoms with Crippen LogP contribution in [0.25, 0.3) is 11.0 Å². The molecule has 0 saturated carbocycles. The highest BCUT2D eigenvalue weighted by atomic mass is 16.5. The molecule has 1 N–H and O–H groups in total. The number of aromatic nitrogens is 2. The van der Waals surface area contributed by atoms with Gasteiger partial charge < -0.3 is 19.1 Å². The van der Waals surface area contributed by atoms with Crippen molar-refractivity contribution in [1.82, 2.24) is 9.55 Å². The number of aliphatic hydroxyl groups is 1. The van der Waals surface area contributed by atoms with Crippen molar-refractivity contribution in [2.24, 2.45) is 0 Å². The Bertz CT molecular complexity index is 933. The Balaban J connectivity index is 1.68. The zero-order valence-electron chi connectivity index (χ0n) is 16.6. The molecule has 5 nitrogen and oxygen atoms in total. The molecule has 1 heterocycles. The Morgan fingerprint density at radius 2 is 2.04 bits per heavy atom. The van der Waals surface area contributed by atoms with Crippen LogP contribution < -0.4 is 9.47 Å². The maximum Gasteiger partial charge on any atom is 0.161 e. The number of nitrogens with zero attached hydrogens (tertiary/aromatic N) is 2. The molecule has 0 aliphatic heterocycles. The van der Waals surface area contributed by atoms with Crippen molar-refractivity contribution in [3.63, 3.8) is 0 Å². The summed E-state index contributed by atoms with van der Waals surface area (Å²) in [4.78, 5) is 4.62. The first-order valence-corrected chi connectivity index (χ1v) is 9.71. The number of methoxy groups -OCH3 is 1. The molecule has 0 aliphatic rings. The molecule has 0 aliphatic carbocycles. The molecule has 0 radical (unpaired) electrons. The third-order valence-electron chi connectivity index (χ3n) is 4.76. The first-order valence-electron chi connectivity index (χ1n) is 9.71. The summed E-state index contributed by atoms with van der Waals surface area (Å²) in [5.74, 6) is 2.18. The molecule has 0 bridgehead atoms. The van der Waals surface area contributed by atoms with Crippen LogP contribution in [0.3, 0.4) is 0 Å². The first kappa shape index (κ1) is 20.0. The lowest BCUT2D eigenvalue weighted by Gasteiger charge is -2.14. The first-order chi connectivity index (χ1) is 13.7. The number of aryl methyl sites for hydroxylation is 1. The summed E-state index contributed by atoms with van der Waals surface area (Å²) in [7, 11) is 1.65. The van der Waals surface area contributed by atoms with E-state index in [1.165, 1.54) is 0 Å². The Morgan fingerprint density at radius 3 is 2.79 bits per heavy atom. The fourth-order valence-electron chi connectivity index (χ4n) is 3.30. The van der Waals surface area contributed by atoms with Gasteiger partial charge in [0.05, 0.1) is 24.8 Å². The largest absolute Gasteiger partial charge is 0.493 e. The molecule has 3 aromatic rings. The van der Waals surface area contributed by atoms with Crippen molar-refractivity contribution in [2.75, 3.05) is 13.7 Å². The van der Waals surface area contributed by atoms with Crippen LogP contribution in [0.4, 0.5) is 0 Å². The Labute approximate surface area is 166 Å². The number of hydrogen-bond acceptors (Lipinski definition) is 4. The van der Waals surface area contributed by atoms with Gasteiger partial charge >= 0.3 is 0 Å². The van der Waals surface area contributed by atoms with Gasteiger partial charge in [-0.05, 0) is 49.1 Å². The van der Waals surface area contributed by atoms with Gasteiger partial charge in [-0.2, -0.15) is 0 Å². The van der Waals surface area contributed by atoms with E-state index in [9.17, 15) is 5.11 Å². The standard InChI is InChI=1S/C23H28N2O3/c1-4-9-17-12-13-21(22(16-17)27-3)28-15-8-14-25-19-11-7-6-10-18(19)24-23(25)20(26)5-2/h4,6-7,10-13,16,20,26H,1,5,8-9,14-15H2,2-3H3/t20-/m0/s1. The minimum Gasteiger partial charge on any atom is -0.493 e. The second-order valence-electron chi connectivity index (χ2n) is 6.71. The molecule has 28 heavy (non-hydrogen) atoms. The van der Waals surface area contributed by atoms with E-state index < -0.39 is 6.10 Å². The van der Waals surface area contributed by atoms with Gasteiger partial charge in [0.2, 0.25) is 0 Å². The summed E-state index contributed by atoms with van der Waals surface area (Å²) in [6.07, 6.45) is 3.53. The highest BCUT2D eigenvalue weighted by molar-refractivity contribution is 5.76. The van der Waals surface area contributed by atoms with Crippen molar-refractivity contribution < 1.29 is 14.6 Å². The number of ether oxygens (including phenoxy) is 2. The van der Waals surface area contributed by atoms with Gasteiger partial charge in [0.25, 0.3) is 0 Å². The molecule has 0 saturated heterocycles. The maximum atomic E-state index is 10.3. The summed E-state index contributed by atoms with van der Waals surface area (Å²) < 4.78 is 13.5. The molecule has 0 spiro atoms. The number of benzene rings is 2. The average molecular weight is 380 g/mol. The molecule has 0 unspecified atom stereocenters. The second kappa shape index (κ2) is 9.42. The van der Waals surface area contributed by atoms with Gasteiger partial charge in [-0.1, -0.05) is 31.2 Å². The van der Waals surface area contributed by atoms with Crippen LogP contribution in [-0.4, -0.2) is 28.4 Å². The van der Waals surface area contributed by atoms with Crippen LogP contribution >= 0.6 is 0 Å². The molecular weight excluding hydrogens is 352 g/mol. The average Bonchev–Trinajstić information content (AvgIpc) is 3.10. The van der Waals surface area contributed by atoms with Crippen molar-refractivity contribution in [3.8, 4) is 11.5 Å². The Hall–Kier alpha value is -2.79. The van der Waals surface area contributed by atoms with Crippen LogP contribution in [0.15, 0.2) is 55.1 Å². The number of imidazole rings is 1. The van der Waals surface area contributed by atoms with E-state index in [1.54, 1.807) is 7.11 Å². The van der Waals surface area contributed by atoms with E-state index in [1.807, 2.05) is 55.5 Å². The van der Waals surface area contributed by atoms with Gasteiger partial charge in [0.15, 0.2) is 11.5 Å². The lowest BCUT2D eigenvalue weighted by atomic mass is 10.1. The van der Waals surface area contributed by atoms with Gasteiger partial charge in [-0.3, -0.25) is 0 Å². The molecule has 148 valence electrons.